The molecule has 0 spiro atoms. The number of hydrogen-bond donors (Lipinski definition) is 1. The number of nitrogens with zero attached hydrogens (tertiary/aromatic N) is 2. The molecule has 3 nitrogen and oxygen atoms in total. The first kappa shape index (κ1) is 16.7. The molecule has 2 heterocycles. The minimum atomic E-state index is 0.765. The van der Waals surface area contributed by atoms with Gasteiger partial charge >= 0.3 is 0 Å². The van der Waals surface area contributed by atoms with Crippen LogP contribution in [-0.4, -0.2) is 9.97 Å². The Morgan fingerprint density at radius 1 is 0.923 bits per heavy atom. The summed E-state index contributed by atoms with van der Waals surface area (Å²) in [6, 6.07) is 20.9. The smallest absolute Gasteiger partial charge is 0.172 e. The van der Waals surface area contributed by atoms with E-state index in [1.807, 2.05) is 24.3 Å². The zero-order chi connectivity index (χ0) is 17.8. The molecule has 4 heteroatoms. The van der Waals surface area contributed by atoms with E-state index in [-0.39, 0.29) is 0 Å². The molecule has 0 unspecified atom stereocenters. The number of aryl methyl sites for hydroxylation is 1. The predicted molar refractivity (Wildman–Crippen MR) is 111 cm³/mol. The van der Waals surface area contributed by atoms with Gasteiger partial charge in [-0.05, 0) is 54.1 Å². The van der Waals surface area contributed by atoms with Crippen LogP contribution < -0.4 is 5.32 Å². The molecule has 26 heavy (non-hydrogen) atoms. The summed E-state index contributed by atoms with van der Waals surface area (Å²) in [5.74, 6) is 1.61. The summed E-state index contributed by atoms with van der Waals surface area (Å²) in [5.41, 5.74) is 3.38. The van der Waals surface area contributed by atoms with Gasteiger partial charge in [0.25, 0.3) is 0 Å². The van der Waals surface area contributed by atoms with Gasteiger partial charge in [-0.25, -0.2) is 9.97 Å². The third-order valence-electron chi connectivity index (χ3n) is 4.38. The van der Waals surface area contributed by atoms with Crippen LogP contribution in [0.5, 0.6) is 0 Å². The average Bonchev–Trinajstić information content (AvgIpc) is 3.22. The zero-order valence-electron chi connectivity index (χ0n) is 14.8. The molecule has 130 valence electrons. The third kappa shape index (κ3) is 3.60. The summed E-state index contributed by atoms with van der Waals surface area (Å²) in [5, 5.41) is 6.57. The molecule has 0 aliphatic rings. The van der Waals surface area contributed by atoms with Crippen LogP contribution in [0.15, 0.2) is 66.0 Å². The molecule has 2 aromatic heterocycles. The van der Waals surface area contributed by atoms with Crippen molar-refractivity contribution in [1.82, 2.24) is 9.97 Å². The second-order valence-electron chi connectivity index (χ2n) is 6.32. The van der Waals surface area contributed by atoms with E-state index in [0.29, 0.717) is 0 Å². The Hall–Kier alpha value is -2.72. The molecule has 2 aromatic carbocycles. The van der Waals surface area contributed by atoms with Gasteiger partial charge in [0.05, 0.1) is 10.4 Å². The molecule has 0 aliphatic heterocycles. The highest BCUT2D eigenvalue weighted by molar-refractivity contribution is 7.13. The van der Waals surface area contributed by atoms with E-state index in [4.69, 9.17) is 9.97 Å². The summed E-state index contributed by atoms with van der Waals surface area (Å²) < 4.78 is 0. The lowest BCUT2D eigenvalue weighted by Crippen LogP contribution is -1.99. The van der Waals surface area contributed by atoms with Crippen molar-refractivity contribution in [2.24, 2.45) is 0 Å². The molecule has 0 saturated heterocycles. The molecule has 4 aromatic rings. The van der Waals surface area contributed by atoms with Crippen molar-refractivity contribution in [2.75, 3.05) is 5.32 Å². The van der Waals surface area contributed by atoms with Crippen LogP contribution in [0.1, 0.15) is 25.3 Å². The first-order valence-electron chi connectivity index (χ1n) is 9.00. The van der Waals surface area contributed by atoms with Gasteiger partial charge in [0.15, 0.2) is 5.82 Å². The fourth-order valence-electron chi connectivity index (χ4n) is 2.96. The summed E-state index contributed by atoms with van der Waals surface area (Å²) >= 11 is 1.66. The van der Waals surface area contributed by atoms with Gasteiger partial charge in [-0.3, -0.25) is 0 Å². The number of benzene rings is 2. The second-order valence-corrected chi connectivity index (χ2v) is 7.26. The highest BCUT2D eigenvalue weighted by Crippen LogP contribution is 2.29. The quantitative estimate of drug-likeness (QED) is 0.430. The first-order chi connectivity index (χ1) is 12.8. The lowest BCUT2D eigenvalue weighted by atomic mass is 10.1. The van der Waals surface area contributed by atoms with Gasteiger partial charge in [-0.1, -0.05) is 43.7 Å². The molecule has 0 aliphatic carbocycles. The summed E-state index contributed by atoms with van der Waals surface area (Å²) in [6.07, 6.45) is 3.58. The van der Waals surface area contributed by atoms with Crippen LogP contribution in [0, 0.1) is 0 Å². The molecule has 4 rings (SSSR count). The molecular weight excluding hydrogens is 338 g/mol. The fraction of sp³-hybridized carbons (Fsp3) is 0.182. The topological polar surface area (TPSA) is 37.8 Å². The van der Waals surface area contributed by atoms with Crippen molar-refractivity contribution in [3.63, 3.8) is 0 Å². The van der Waals surface area contributed by atoms with Gasteiger partial charge in [0.1, 0.15) is 5.82 Å². The van der Waals surface area contributed by atoms with Gasteiger partial charge in [0.2, 0.25) is 0 Å². The van der Waals surface area contributed by atoms with Crippen molar-refractivity contribution >= 4 is 33.7 Å². The van der Waals surface area contributed by atoms with Crippen molar-refractivity contribution in [3.05, 3.63) is 71.6 Å². The van der Waals surface area contributed by atoms with Gasteiger partial charge in [-0.15, -0.1) is 11.3 Å². The number of anilines is 2. The Morgan fingerprint density at radius 2 is 1.77 bits per heavy atom. The number of aromatic nitrogens is 2. The molecule has 0 saturated carbocycles. The molecule has 0 amide bonds. The van der Waals surface area contributed by atoms with E-state index in [9.17, 15) is 0 Å². The van der Waals surface area contributed by atoms with Crippen LogP contribution in [0.25, 0.3) is 21.6 Å². The SMILES string of the molecule is CCCCc1ccc(Nc2nc(-c3cccs3)nc3ccccc23)cc1. The lowest BCUT2D eigenvalue weighted by molar-refractivity contribution is 0.795. The van der Waals surface area contributed by atoms with Crippen LogP contribution in [-0.2, 0) is 6.42 Å². The summed E-state index contributed by atoms with van der Waals surface area (Å²) in [6.45, 7) is 2.22. The van der Waals surface area contributed by atoms with Crippen molar-refractivity contribution in [2.45, 2.75) is 26.2 Å². The average molecular weight is 359 g/mol. The van der Waals surface area contributed by atoms with E-state index >= 15 is 0 Å². The normalized spacial score (nSPS) is 11.0. The number of para-hydroxylation sites is 1. The molecule has 0 fully saturated rings. The largest absolute Gasteiger partial charge is 0.340 e. The summed E-state index contributed by atoms with van der Waals surface area (Å²) in [7, 11) is 0. The highest BCUT2D eigenvalue weighted by Gasteiger charge is 2.10. The van der Waals surface area contributed by atoms with Gasteiger partial charge < -0.3 is 5.32 Å². The predicted octanol–water partition coefficient (Wildman–Crippen LogP) is 6.44. The van der Waals surface area contributed by atoms with Crippen LogP contribution in [0.4, 0.5) is 11.5 Å². The number of nitrogens with one attached hydrogen (secondary N) is 1. The standard InChI is InChI=1S/C22H21N3S/c1-2-3-7-16-11-13-17(14-12-16)23-21-18-8-4-5-9-19(18)24-22(25-21)20-10-6-15-26-20/h4-6,8-15H,2-3,7H2,1H3,(H,23,24,25). The number of hydrogen-bond acceptors (Lipinski definition) is 4. The molecular formula is C22H21N3S. The lowest BCUT2D eigenvalue weighted by Gasteiger charge is -2.11. The second kappa shape index (κ2) is 7.67. The number of rotatable bonds is 6. The Morgan fingerprint density at radius 3 is 2.54 bits per heavy atom. The Balaban J connectivity index is 1.69. The zero-order valence-corrected chi connectivity index (χ0v) is 15.6. The molecule has 0 bridgehead atoms. The van der Waals surface area contributed by atoms with Crippen LogP contribution in [0.2, 0.25) is 0 Å². The maximum Gasteiger partial charge on any atom is 0.172 e. The van der Waals surface area contributed by atoms with Crippen molar-refractivity contribution in [3.8, 4) is 10.7 Å². The number of thiophene rings is 1. The Labute approximate surface area is 157 Å². The molecule has 1 N–H and O–H groups in total. The summed E-state index contributed by atoms with van der Waals surface area (Å²) in [4.78, 5) is 10.6. The number of unbranched alkanes of at least 4 members (excludes halogenated alkanes) is 1. The molecule has 0 atom stereocenters. The minimum absolute atomic E-state index is 0.765. The van der Waals surface area contributed by atoms with Crippen molar-refractivity contribution in [1.29, 1.82) is 0 Å². The van der Waals surface area contributed by atoms with Crippen LogP contribution in [0.3, 0.4) is 0 Å². The van der Waals surface area contributed by atoms with E-state index in [2.05, 4.69) is 54.0 Å². The third-order valence-corrected chi connectivity index (χ3v) is 5.25. The monoisotopic (exact) mass is 359 g/mol. The van der Waals surface area contributed by atoms with E-state index < -0.39 is 0 Å². The highest BCUT2D eigenvalue weighted by atomic mass is 32.1. The number of fused-ring (bicyclic) bond motifs is 1. The van der Waals surface area contributed by atoms with Crippen molar-refractivity contribution < 1.29 is 0 Å². The van der Waals surface area contributed by atoms with Gasteiger partial charge in [0, 0.05) is 11.1 Å². The fourth-order valence-corrected chi connectivity index (χ4v) is 3.62. The van der Waals surface area contributed by atoms with Crippen LogP contribution >= 0.6 is 11.3 Å². The minimum Gasteiger partial charge on any atom is -0.340 e. The Bertz CT molecular complexity index is 992. The van der Waals surface area contributed by atoms with Gasteiger partial charge in [-0.2, -0.15) is 0 Å². The van der Waals surface area contributed by atoms with E-state index in [0.717, 1.165) is 39.5 Å². The first-order valence-corrected chi connectivity index (χ1v) is 9.88. The maximum absolute atomic E-state index is 4.80. The van der Waals surface area contributed by atoms with E-state index in [1.54, 1.807) is 11.3 Å². The van der Waals surface area contributed by atoms with E-state index in [1.165, 1.54) is 18.4 Å². The Kier molecular flexibility index (Phi) is 4.93. The maximum atomic E-state index is 4.80. The molecule has 0 radical (unpaired) electrons.